The zero-order valence-electron chi connectivity index (χ0n) is 18.1. The van der Waals surface area contributed by atoms with E-state index in [1.54, 1.807) is 15.9 Å². The van der Waals surface area contributed by atoms with Gasteiger partial charge in [0.05, 0.1) is 6.54 Å². The number of amides is 1. The minimum Gasteiger partial charge on any atom is -0.443 e. The van der Waals surface area contributed by atoms with Crippen molar-refractivity contribution in [2.75, 3.05) is 23.3 Å². The van der Waals surface area contributed by atoms with E-state index in [9.17, 15) is 4.79 Å². The molecule has 0 atom stereocenters. The topological polar surface area (TPSA) is 72.3 Å². The molecule has 1 aliphatic carbocycles. The summed E-state index contributed by atoms with van der Waals surface area (Å²) in [4.78, 5) is 18.7. The number of nitrogens with zero attached hydrogens (tertiary/aromatic N) is 4. The second-order valence-corrected chi connectivity index (χ2v) is 9.70. The molecule has 1 aromatic carbocycles. The molecule has 2 aromatic rings. The molecule has 164 valence electrons. The van der Waals surface area contributed by atoms with E-state index in [0.717, 1.165) is 28.9 Å². The van der Waals surface area contributed by atoms with Crippen molar-refractivity contribution in [3.63, 3.8) is 0 Å². The molecule has 1 aromatic heterocycles. The van der Waals surface area contributed by atoms with Crippen molar-refractivity contribution in [2.45, 2.75) is 65.0 Å². The molecule has 0 saturated heterocycles. The van der Waals surface area contributed by atoms with Gasteiger partial charge < -0.3 is 10.1 Å². The molecule has 1 saturated carbocycles. The minimum atomic E-state index is -0.526. The van der Waals surface area contributed by atoms with E-state index in [1.807, 2.05) is 39.0 Å². The maximum absolute atomic E-state index is 13.0. The summed E-state index contributed by atoms with van der Waals surface area (Å²) < 4.78 is 8.41. The number of halogens is 1. The molecule has 1 fully saturated rings. The highest BCUT2D eigenvalue weighted by atomic mass is 79.9. The van der Waals surface area contributed by atoms with Crippen molar-refractivity contribution in [1.29, 1.82) is 0 Å². The first kappa shape index (κ1) is 22.6. The van der Waals surface area contributed by atoms with Gasteiger partial charge >= 0.3 is 6.09 Å². The van der Waals surface area contributed by atoms with E-state index in [-0.39, 0.29) is 6.09 Å². The molecule has 0 unspecified atom stereocenters. The first-order valence-electron chi connectivity index (χ1n) is 10.7. The van der Waals surface area contributed by atoms with Crippen LogP contribution in [0.2, 0.25) is 0 Å². The Morgan fingerprint density at radius 1 is 1.30 bits per heavy atom. The Morgan fingerprint density at radius 2 is 2.07 bits per heavy atom. The van der Waals surface area contributed by atoms with Gasteiger partial charge in [-0.2, -0.15) is 5.10 Å². The van der Waals surface area contributed by atoms with Crippen LogP contribution in [0.1, 0.15) is 52.9 Å². The van der Waals surface area contributed by atoms with E-state index >= 15 is 0 Å². The van der Waals surface area contributed by atoms with Crippen molar-refractivity contribution in [3.05, 3.63) is 35.3 Å². The van der Waals surface area contributed by atoms with Gasteiger partial charge in [-0.1, -0.05) is 19.3 Å². The van der Waals surface area contributed by atoms with E-state index in [1.165, 1.54) is 38.4 Å². The van der Waals surface area contributed by atoms with Crippen LogP contribution >= 0.6 is 15.9 Å². The monoisotopic (exact) mass is 477 g/mol. The second kappa shape index (κ2) is 10.3. The number of carbonyl (C=O) groups is 1. The normalized spacial score (nSPS) is 15.1. The third kappa shape index (κ3) is 6.72. The van der Waals surface area contributed by atoms with Crippen molar-refractivity contribution >= 4 is 33.4 Å². The highest BCUT2D eigenvalue weighted by molar-refractivity contribution is 9.10. The summed E-state index contributed by atoms with van der Waals surface area (Å²) in [6, 6.07) is 5.97. The molecule has 8 heteroatoms. The molecule has 0 spiro atoms. The standard InChI is InChI=1S/C22H32BrN5O2/c1-22(2,3)30-21(29)28(14-17-7-5-4-6-8-17)18-9-10-20(19(23)13-18)25-11-12-27-16-24-15-26-27/h9-10,13,15-17,25H,4-8,11-12,14H2,1-3H3. The Balaban J connectivity index is 1.70. The number of aromatic nitrogens is 3. The summed E-state index contributed by atoms with van der Waals surface area (Å²) in [5.74, 6) is 0.519. The highest BCUT2D eigenvalue weighted by Crippen LogP contribution is 2.31. The van der Waals surface area contributed by atoms with Crippen LogP contribution in [-0.2, 0) is 11.3 Å². The molecule has 1 N–H and O–H groups in total. The van der Waals surface area contributed by atoms with Gasteiger partial charge in [0.1, 0.15) is 18.3 Å². The average molecular weight is 478 g/mol. The van der Waals surface area contributed by atoms with E-state index < -0.39 is 5.60 Å². The third-order valence-electron chi connectivity index (χ3n) is 5.17. The summed E-state index contributed by atoms with van der Waals surface area (Å²) in [5.41, 5.74) is 1.30. The van der Waals surface area contributed by atoms with Gasteiger partial charge in [-0.05, 0) is 73.7 Å². The number of ether oxygens (including phenoxy) is 1. The number of rotatable bonds is 7. The minimum absolute atomic E-state index is 0.285. The number of carbonyl (C=O) groups excluding carboxylic acids is 1. The third-order valence-corrected chi connectivity index (χ3v) is 5.82. The molecular formula is C22H32BrN5O2. The van der Waals surface area contributed by atoms with Gasteiger partial charge in [0.25, 0.3) is 0 Å². The fourth-order valence-electron chi connectivity index (χ4n) is 3.70. The van der Waals surface area contributed by atoms with Crippen LogP contribution in [0.4, 0.5) is 16.2 Å². The second-order valence-electron chi connectivity index (χ2n) is 8.84. The highest BCUT2D eigenvalue weighted by Gasteiger charge is 2.27. The zero-order valence-corrected chi connectivity index (χ0v) is 19.7. The lowest BCUT2D eigenvalue weighted by Gasteiger charge is -2.32. The number of anilines is 2. The lowest BCUT2D eigenvalue weighted by molar-refractivity contribution is 0.0572. The molecule has 1 amide bonds. The molecular weight excluding hydrogens is 446 g/mol. The van der Waals surface area contributed by atoms with Gasteiger partial charge in [-0.3, -0.25) is 9.58 Å². The predicted molar refractivity (Wildman–Crippen MR) is 123 cm³/mol. The summed E-state index contributed by atoms with van der Waals surface area (Å²) in [7, 11) is 0. The average Bonchev–Trinajstić information content (AvgIpc) is 3.20. The Hall–Kier alpha value is -2.09. The maximum Gasteiger partial charge on any atom is 0.414 e. The first-order chi connectivity index (χ1) is 14.3. The van der Waals surface area contributed by atoms with Crippen molar-refractivity contribution in [1.82, 2.24) is 14.8 Å². The van der Waals surface area contributed by atoms with Crippen molar-refractivity contribution in [3.8, 4) is 0 Å². The smallest absolute Gasteiger partial charge is 0.414 e. The Bertz CT molecular complexity index is 813. The Kier molecular flexibility index (Phi) is 7.75. The van der Waals surface area contributed by atoms with E-state index in [0.29, 0.717) is 12.5 Å². The van der Waals surface area contributed by atoms with Crippen LogP contribution in [0.5, 0.6) is 0 Å². The number of hydrogen-bond acceptors (Lipinski definition) is 5. The van der Waals surface area contributed by atoms with Gasteiger partial charge in [-0.25, -0.2) is 9.78 Å². The summed E-state index contributed by atoms with van der Waals surface area (Å²) in [6.07, 6.45) is 9.06. The zero-order chi connectivity index (χ0) is 21.6. The fourth-order valence-corrected chi connectivity index (χ4v) is 4.21. The molecule has 0 radical (unpaired) electrons. The lowest BCUT2D eigenvalue weighted by atomic mass is 9.89. The summed E-state index contributed by atoms with van der Waals surface area (Å²) >= 11 is 3.65. The van der Waals surface area contributed by atoms with Crippen LogP contribution in [0.25, 0.3) is 0 Å². The number of hydrogen-bond donors (Lipinski definition) is 1. The van der Waals surface area contributed by atoms with Crippen LogP contribution in [-0.4, -0.2) is 39.5 Å². The predicted octanol–water partition coefficient (Wildman–Crippen LogP) is 5.47. The quantitative estimate of drug-likeness (QED) is 0.571. The molecule has 0 bridgehead atoms. The van der Waals surface area contributed by atoms with Gasteiger partial charge in [0.15, 0.2) is 0 Å². The van der Waals surface area contributed by atoms with Gasteiger partial charge in [0.2, 0.25) is 0 Å². The van der Waals surface area contributed by atoms with Crippen molar-refractivity contribution in [2.24, 2.45) is 5.92 Å². The van der Waals surface area contributed by atoms with Gasteiger partial charge in [0, 0.05) is 28.9 Å². The first-order valence-corrected chi connectivity index (χ1v) is 11.5. The van der Waals surface area contributed by atoms with Gasteiger partial charge in [-0.15, -0.1) is 0 Å². The lowest BCUT2D eigenvalue weighted by Crippen LogP contribution is -2.40. The van der Waals surface area contributed by atoms with E-state index in [4.69, 9.17) is 4.74 Å². The van der Waals surface area contributed by atoms with Crippen LogP contribution < -0.4 is 10.2 Å². The molecule has 0 aliphatic heterocycles. The molecule has 30 heavy (non-hydrogen) atoms. The largest absolute Gasteiger partial charge is 0.443 e. The molecule has 3 rings (SSSR count). The summed E-state index contributed by atoms with van der Waals surface area (Å²) in [6.45, 7) is 7.85. The number of benzene rings is 1. The Labute approximate surface area is 187 Å². The molecule has 1 aliphatic rings. The van der Waals surface area contributed by atoms with Crippen LogP contribution in [0, 0.1) is 5.92 Å². The Morgan fingerprint density at radius 3 is 2.70 bits per heavy atom. The van der Waals surface area contributed by atoms with Crippen LogP contribution in [0.3, 0.4) is 0 Å². The van der Waals surface area contributed by atoms with E-state index in [2.05, 4.69) is 31.3 Å². The van der Waals surface area contributed by atoms with Crippen LogP contribution in [0.15, 0.2) is 35.3 Å². The maximum atomic E-state index is 13.0. The van der Waals surface area contributed by atoms with Crippen molar-refractivity contribution < 1.29 is 9.53 Å². The molecule has 1 heterocycles. The summed E-state index contributed by atoms with van der Waals surface area (Å²) in [5, 5.41) is 7.50. The fraction of sp³-hybridized carbons (Fsp3) is 0.591. The molecule has 7 nitrogen and oxygen atoms in total. The number of nitrogens with one attached hydrogen (secondary N) is 1. The SMILES string of the molecule is CC(C)(C)OC(=O)N(CC1CCCCC1)c1ccc(NCCn2cncn2)c(Br)c1.